The lowest BCUT2D eigenvalue weighted by atomic mass is 10.1. The van der Waals surface area contributed by atoms with Gasteiger partial charge in [-0.2, -0.15) is 5.10 Å². The van der Waals surface area contributed by atoms with Crippen LogP contribution in [0.3, 0.4) is 0 Å². The average molecular weight is 217 g/mol. The molecular weight excluding hydrogens is 206 g/mol. The molecule has 0 amide bonds. The van der Waals surface area contributed by atoms with Crippen LogP contribution in [-0.4, -0.2) is 20.9 Å². The average Bonchev–Trinajstić information content (AvgIpc) is 2.67. The molecule has 6 nitrogen and oxygen atoms in total. The van der Waals surface area contributed by atoms with Crippen LogP contribution in [0.15, 0.2) is 34.3 Å². The predicted octanol–water partition coefficient (Wildman–Crippen LogP) is 0.118. The third-order valence-corrected chi connectivity index (χ3v) is 2.16. The fourth-order valence-electron chi connectivity index (χ4n) is 1.43. The second-order valence-corrected chi connectivity index (χ2v) is 3.30. The second-order valence-electron chi connectivity index (χ2n) is 3.30. The third kappa shape index (κ3) is 1.72. The van der Waals surface area contributed by atoms with Crippen molar-refractivity contribution in [3.05, 3.63) is 51.7 Å². The lowest BCUT2D eigenvalue weighted by Crippen LogP contribution is -2.17. The molecule has 0 fully saturated rings. The molecule has 6 heteroatoms. The van der Waals surface area contributed by atoms with Crippen LogP contribution in [0.25, 0.3) is 0 Å². The molecule has 2 aromatic rings. The van der Waals surface area contributed by atoms with E-state index in [0.717, 1.165) is 5.69 Å². The van der Waals surface area contributed by atoms with E-state index in [0.29, 0.717) is 17.0 Å². The first-order valence-corrected chi connectivity index (χ1v) is 4.70. The summed E-state index contributed by atoms with van der Waals surface area (Å²) in [6, 6.07) is 5.45. The molecule has 0 atom stereocenters. The highest BCUT2D eigenvalue weighted by Gasteiger charge is 2.12. The largest absolute Gasteiger partial charge is 0.323 e. The first kappa shape index (κ1) is 10.2. The highest BCUT2D eigenvalue weighted by molar-refractivity contribution is 6.11. The number of nitrogens with one attached hydrogen (secondary N) is 2. The Morgan fingerprint density at radius 2 is 2.31 bits per heavy atom. The van der Waals surface area contributed by atoms with Crippen LogP contribution in [0, 0.1) is 6.92 Å². The minimum absolute atomic E-state index is 0.271. The summed E-state index contributed by atoms with van der Waals surface area (Å²) in [6.45, 7) is 1.86. The Morgan fingerprint density at radius 3 is 2.88 bits per heavy atom. The van der Waals surface area contributed by atoms with Crippen LogP contribution in [0.5, 0.6) is 0 Å². The molecule has 2 rings (SSSR count). The van der Waals surface area contributed by atoms with Gasteiger partial charge in [-0.3, -0.25) is 14.9 Å². The Labute approximate surface area is 91.2 Å². The maximum atomic E-state index is 11.4. The Hall–Kier alpha value is -2.37. The molecule has 0 saturated carbocycles. The molecular formula is C10H11N5O. The topological polar surface area (TPSA) is 99.9 Å². The van der Waals surface area contributed by atoms with Crippen molar-refractivity contribution >= 4 is 5.71 Å². The van der Waals surface area contributed by atoms with Crippen molar-refractivity contribution in [1.82, 2.24) is 15.2 Å². The number of hydrogen-bond donors (Lipinski definition) is 3. The molecule has 2 aromatic heterocycles. The van der Waals surface area contributed by atoms with E-state index < -0.39 is 0 Å². The normalized spacial score (nSPS) is 11.7. The van der Waals surface area contributed by atoms with E-state index >= 15 is 0 Å². The minimum Gasteiger partial charge on any atom is -0.323 e. The quantitative estimate of drug-likeness (QED) is 0.378. The van der Waals surface area contributed by atoms with E-state index in [9.17, 15) is 4.79 Å². The molecule has 0 aliphatic rings. The second kappa shape index (κ2) is 4.01. The van der Waals surface area contributed by atoms with Crippen molar-refractivity contribution in [2.45, 2.75) is 6.92 Å². The van der Waals surface area contributed by atoms with Crippen LogP contribution >= 0.6 is 0 Å². The number of pyridine rings is 1. The van der Waals surface area contributed by atoms with E-state index in [-0.39, 0.29) is 5.56 Å². The highest BCUT2D eigenvalue weighted by Crippen LogP contribution is 2.04. The van der Waals surface area contributed by atoms with Gasteiger partial charge in [-0.05, 0) is 19.1 Å². The van der Waals surface area contributed by atoms with Crippen molar-refractivity contribution < 1.29 is 0 Å². The number of aromatic nitrogens is 3. The molecule has 0 unspecified atom stereocenters. The number of rotatable bonds is 2. The molecule has 2 heterocycles. The SMILES string of the molecule is Cc1cccc(C(=NN)c2c[nH][nH]c2=O)n1. The smallest absolute Gasteiger partial charge is 0.273 e. The van der Waals surface area contributed by atoms with Gasteiger partial charge in [0.15, 0.2) is 0 Å². The molecule has 82 valence electrons. The maximum absolute atomic E-state index is 11.4. The maximum Gasteiger partial charge on any atom is 0.273 e. The van der Waals surface area contributed by atoms with E-state index in [1.807, 2.05) is 19.1 Å². The molecule has 0 bridgehead atoms. The first-order valence-electron chi connectivity index (χ1n) is 4.70. The van der Waals surface area contributed by atoms with Crippen LogP contribution in [0.2, 0.25) is 0 Å². The van der Waals surface area contributed by atoms with Crippen molar-refractivity contribution in [2.24, 2.45) is 10.9 Å². The Morgan fingerprint density at radius 1 is 1.50 bits per heavy atom. The van der Waals surface area contributed by atoms with Crippen LogP contribution in [0.1, 0.15) is 17.0 Å². The van der Waals surface area contributed by atoms with Gasteiger partial charge in [-0.1, -0.05) is 6.07 Å². The summed E-state index contributed by atoms with van der Waals surface area (Å²) in [6.07, 6.45) is 1.51. The first-order chi connectivity index (χ1) is 7.72. The Balaban J connectivity index is 2.54. The lowest BCUT2D eigenvalue weighted by molar-refractivity contribution is 1.06. The molecule has 16 heavy (non-hydrogen) atoms. The Bertz CT molecular complexity index is 581. The van der Waals surface area contributed by atoms with Crippen LogP contribution < -0.4 is 11.4 Å². The number of aryl methyl sites for hydroxylation is 1. The number of hydrogen-bond acceptors (Lipinski definition) is 4. The zero-order chi connectivity index (χ0) is 11.5. The molecule has 0 radical (unpaired) electrons. The van der Waals surface area contributed by atoms with Crippen molar-refractivity contribution in [1.29, 1.82) is 0 Å². The minimum atomic E-state index is -0.271. The van der Waals surface area contributed by atoms with Gasteiger partial charge in [-0.15, -0.1) is 0 Å². The summed E-state index contributed by atoms with van der Waals surface area (Å²) < 4.78 is 0. The van der Waals surface area contributed by atoms with Gasteiger partial charge in [0.2, 0.25) is 0 Å². The van der Waals surface area contributed by atoms with Crippen molar-refractivity contribution in [2.75, 3.05) is 0 Å². The highest BCUT2D eigenvalue weighted by atomic mass is 16.1. The number of aromatic amines is 2. The molecule has 0 aliphatic heterocycles. The summed E-state index contributed by atoms with van der Waals surface area (Å²) in [5.74, 6) is 5.30. The summed E-state index contributed by atoms with van der Waals surface area (Å²) in [4.78, 5) is 15.7. The monoisotopic (exact) mass is 217 g/mol. The molecule has 0 aliphatic carbocycles. The standard InChI is InChI=1S/C10H11N5O/c1-6-3-2-4-8(13-6)9(14-11)7-5-12-15-10(7)16/h2-5H,11H2,1H3,(H2,12,15,16). The molecule has 0 aromatic carbocycles. The van der Waals surface area contributed by atoms with Crippen LogP contribution in [-0.2, 0) is 0 Å². The van der Waals surface area contributed by atoms with E-state index in [1.165, 1.54) is 6.20 Å². The summed E-state index contributed by atoms with van der Waals surface area (Å²) in [7, 11) is 0. The molecule has 0 spiro atoms. The summed E-state index contributed by atoms with van der Waals surface area (Å²) >= 11 is 0. The lowest BCUT2D eigenvalue weighted by Gasteiger charge is -2.01. The number of nitrogens with two attached hydrogens (primary N) is 1. The third-order valence-electron chi connectivity index (χ3n) is 2.16. The zero-order valence-electron chi connectivity index (χ0n) is 8.69. The fourth-order valence-corrected chi connectivity index (χ4v) is 1.43. The van der Waals surface area contributed by atoms with Gasteiger partial charge in [0.25, 0.3) is 5.56 Å². The summed E-state index contributed by atoms with van der Waals surface area (Å²) in [5, 5.41) is 8.64. The van der Waals surface area contributed by atoms with Gasteiger partial charge < -0.3 is 10.9 Å². The molecule has 4 N–H and O–H groups in total. The van der Waals surface area contributed by atoms with Gasteiger partial charge in [0.05, 0.1) is 11.3 Å². The Kier molecular flexibility index (Phi) is 2.55. The predicted molar refractivity (Wildman–Crippen MR) is 60.2 cm³/mol. The number of hydrazone groups is 1. The fraction of sp³-hybridized carbons (Fsp3) is 0.100. The van der Waals surface area contributed by atoms with E-state index in [2.05, 4.69) is 20.3 Å². The van der Waals surface area contributed by atoms with Crippen molar-refractivity contribution in [3.63, 3.8) is 0 Å². The van der Waals surface area contributed by atoms with Crippen molar-refractivity contribution in [3.8, 4) is 0 Å². The summed E-state index contributed by atoms with van der Waals surface area (Å²) in [5.41, 5.74) is 1.89. The van der Waals surface area contributed by atoms with Crippen LogP contribution in [0.4, 0.5) is 0 Å². The van der Waals surface area contributed by atoms with Gasteiger partial charge in [0.1, 0.15) is 5.71 Å². The van der Waals surface area contributed by atoms with Gasteiger partial charge >= 0.3 is 0 Å². The van der Waals surface area contributed by atoms with Gasteiger partial charge in [0, 0.05) is 11.9 Å². The van der Waals surface area contributed by atoms with E-state index in [4.69, 9.17) is 5.84 Å². The number of H-pyrrole nitrogens is 2. The van der Waals surface area contributed by atoms with Gasteiger partial charge in [-0.25, -0.2) is 0 Å². The number of nitrogens with zero attached hydrogens (tertiary/aromatic N) is 2. The molecule has 0 saturated heterocycles. The zero-order valence-corrected chi connectivity index (χ0v) is 8.69. The van der Waals surface area contributed by atoms with E-state index in [1.54, 1.807) is 6.07 Å².